The van der Waals surface area contributed by atoms with Crippen molar-refractivity contribution in [1.29, 1.82) is 0 Å². The highest BCUT2D eigenvalue weighted by Crippen LogP contribution is 2.27. The summed E-state index contributed by atoms with van der Waals surface area (Å²) in [6.07, 6.45) is 14.5. The van der Waals surface area contributed by atoms with Crippen molar-refractivity contribution in [3.63, 3.8) is 0 Å². The van der Waals surface area contributed by atoms with Crippen LogP contribution >= 0.6 is 0 Å². The van der Waals surface area contributed by atoms with Gasteiger partial charge in [0, 0.05) is 25.1 Å². The van der Waals surface area contributed by atoms with Gasteiger partial charge in [-0.05, 0) is 50.8 Å². The van der Waals surface area contributed by atoms with E-state index in [0.717, 1.165) is 56.9 Å². The van der Waals surface area contributed by atoms with Crippen molar-refractivity contribution in [1.82, 2.24) is 15.5 Å². The minimum Gasteiger partial charge on any atom is -0.444 e. The Morgan fingerprint density at radius 2 is 1.48 bits per heavy atom. The van der Waals surface area contributed by atoms with Crippen molar-refractivity contribution in [3.05, 3.63) is 71.3 Å². The summed E-state index contributed by atoms with van der Waals surface area (Å²) < 4.78 is 5.55. The molecule has 0 aliphatic rings. The number of hydrogen-bond acceptors (Lipinski definition) is 4. The van der Waals surface area contributed by atoms with Crippen LogP contribution in [0.5, 0.6) is 0 Å². The molecule has 2 rings (SSSR count). The van der Waals surface area contributed by atoms with Crippen LogP contribution < -0.4 is 10.6 Å². The number of hydrogen-bond donors (Lipinski definition) is 2. The van der Waals surface area contributed by atoms with E-state index in [9.17, 15) is 14.4 Å². The molecule has 0 saturated heterocycles. The fraction of sp³-hybridized carbons (Fsp3) is 0.541. The fourth-order valence-corrected chi connectivity index (χ4v) is 5.13. The van der Waals surface area contributed by atoms with Gasteiger partial charge in [-0.1, -0.05) is 113 Å². The predicted molar refractivity (Wildman–Crippen MR) is 178 cm³/mol. The van der Waals surface area contributed by atoms with Crippen molar-refractivity contribution >= 4 is 17.9 Å². The summed E-state index contributed by atoms with van der Waals surface area (Å²) >= 11 is 0. The normalized spacial score (nSPS) is 12.5. The SMILES string of the molecule is C#Cc1ccccc1C(C(=O)NCCCCC)N(CCCCCCCC)C(=O)C(Cc1ccccc1)NC(=O)OC(C)(C)C. The Morgan fingerprint density at radius 1 is 0.864 bits per heavy atom. The third kappa shape index (κ3) is 12.8. The van der Waals surface area contributed by atoms with E-state index in [-0.39, 0.29) is 18.2 Å². The quantitative estimate of drug-likeness (QED) is 0.138. The maximum absolute atomic E-state index is 14.6. The second kappa shape index (κ2) is 19.5. The van der Waals surface area contributed by atoms with Crippen LogP contribution in [-0.2, 0) is 20.7 Å². The molecule has 0 fully saturated rings. The Hall–Kier alpha value is -3.79. The molecule has 44 heavy (non-hydrogen) atoms. The molecule has 2 atom stereocenters. The van der Waals surface area contributed by atoms with Gasteiger partial charge in [-0.2, -0.15) is 0 Å². The number of terminal acetylenes is 1. The van der Waals surface area contributed by atoms with Crippen LogP contribution in [-0.4, -0.2) is 47.5 Å². The number of alkyl carbamates (subject to hydrolysis) is 1. The number of amides is 3. The molecule has 2 unspecified atom stereocenters. The number of carbonyl (C=O) groups excluding carboxylic acids is 3. The second-order valence-electron chi connectivity index (χ2n) is 12.3. The van der Waals surface area contributed by atoms with Crippen LogP contribution in [0.1, 0.15) is 115 Å². The summed E-state index contributed by atoms with van der Waals surface area (Å²) in [6, 6.07) is 14.9. The van der Waals surface area contributed by atoms with E-state index in [0.29, 0.717) is 24.2 Å². The smallest absolute Gasteiger partial charge is 0.408 e. The molecular weight excluding hydrogens is 550 g/mol. The minimum atomic E-state index is -0.958. The van der Waals surface area contributed by atoms with Gasteiger partial charge in [0.15, 0.2) is 0 Å². The summed E-state index contributed by atoms with van der Waals surface area (Å²) in [5, 5.41) is 5.90. The van der Waals surface area contributed by atoms with Crippen molar-refractivity contribution < 1.29 is 19.1 Å². The maximum Gasteiger partial charge on any atom is 0.408 e. The highest BCUT2D eigenvalue weighted by Gasteiger charge is 2.37. The molecule has 0 radical (unpaired) electrons. The first-order valence-corrected chi connectivity index (χ1v) is 16.3. The van der Waals surface area contributed by atoms with E-state index in [1.165, 1.54) is 6.42 Å². The van der Waals surface area contributed by atoms with Gasteiger partial charge in [-0.3, -0.25) is 9.59 Å². The van der Waals surface area contributed by atoms with E-state index in [1.807, 2.05) is 48.5 Å². The fourth-order valence-electron chi connectivity index (χ4n) is 5.13. The van der Waals surface area contributed by atoms with Crippen LogP contribution in [0.3, 0.4) is 0 Å². The highest BCUT2D eigenvalue weighted by atomic mass is 16.6. The Kier molecular flexibility index (Phi) is 16.1. The number of rotatable bonds is 18. The zero-order chi connectivity index (χ0) is 32.4. The third-order valence-corrected chi connectivity index (χ3v) is 7.36. The van der Waals surface area contributed by atoms with Gasteiger partial charge < -0.3 is 20.3 Å². The zero-order valence-electron chi connectivity index (χ0n) is 27.5. The molecule has 2 N–H and O–H groups in total. The first kappa shape index (κ1) is 36.4. The Labute approximate surface area is 265 Å². The Balaban J connectivity index is 2.54. The molecule has 2 aromatic carbocycles. The number of unbranched alkanes of at least 4 members (excludes halogenated alkanes) is 7. The highest BCUT2D eigenvalue weighted by molar-refractivity contribution is 5.92. The number of carbonyl (C=O) groups is 3. The second-order valence-corrected chi connectivity index (χ2v) is 12.3. The Bertz CT molecular complexity index is 1200. The summed E-state index contributed by atoms with van der Waals surface area (Å²) in [5.74, 6) is 2.08. The van der Waals surface area contributed by atoms with Crippen molar-refractivity contribution in [2.24, 2.45) is 0 Å². The molecule has 0 heterocycles. The summed E-state index contributed by atoms with van der Waals surface area (Å²) in [4.78, 5) is 43.3. The van der Waals surface area contributed by atoms with Crippen molar-refractivity contribution in [3.8, 4) is 12.3 Å². The van der Waals surface area contributed by atoms with Gasteiger partial charge in [0.1, 0.15) is 17.7 Å². The van der Waals surface area contributed by atoms with Crippen LogP contribution in [0.4, 0.5) is 4.79 Å². The molecule has 3 amide bonds. The standard InChI is InChI=1S/C37H53N3O4/c1-7-10-12-13-14-21-27-40(33(34(41)38-26-20-11-8-2)31-25-19-18-24-30(31)9-3)35(42)32(28-29-22-16-15-17-23-29)39-36(43)44-37(4,5)6/h3,15-19,22-25,32-33H,7-8,10-14,20-21,26-28H2,1-2,4-6H3,(H,38,41)(H,39,43). The lowest BCUT2D eigenvalue weighted by Gasteiger charge is -2.35. The first-order valence-electron chi connectivity index (χ1n) is 16.3. The number of nitrogens with zero attached hydrogens (tertiary/aromatic N) is 1. The average Bonchev–Trinajstić information content (AvgIpc) is 2.99. The molecule has 2 aromatic rings. The lowest BCUT2D eigenvalue weighted by Crippen LogP contribution is -2.54. The summed E-state index contributed by atoms with van der Waals surface area (Å²) in [7, 11) is 0. The zero-order valence-corrected chi connectivity index (χ0v) is 27.5. The van der Waals surface area contributed by atoms with E-state index in [4.69, 9.17) is 11.2 Å². The largest absolute Gasteiger partial charge is 0.444 e. The molecule has 0 aromatic heterocycles. The number of benzene rings is 2. The van der Waals surface area contributed by atoms with Gasteiger partial charge in [-0.25, -0.2) is 4.79 Å². The number of ether oxygens (including phenoxy) is 1. The molecule has 0 spiro atoms. The van der Waals surface area contributed by atoms with Crippen molar-refractivity contribution in [2.45, 2.75) is 117 Å². The third-order valence-electron chi connectivity index (χ3n) is 7.36. The van der Waals surface area contributed by atoms with E-state index < -0.39 is 23.8 Å². The number of nitrogens with one attached hydrogen (secondary N) is 2. The van der Waals surface area contributed by atoms with Gasteiger partial charge in [0.2, 0.25) is 11.8 Å². The molecule has 0 saturated carbocycles. The molecular formula is C37H53N3O4. The van der Waals surface area contributed by atoms with Gasteiger partial charge in [0.05, 0.1) is 0 Å². The van der Waals surface area contributed by atoms with Gasteiger partial charge in [-0.15, -0.1) is 6.42 Å². The van der Waals surface area contributed by atoms with Gasteiger partial charge >= 0.3 is 6.09 Å². The maximum atomic E-state index is 14.6. The van der Waals surface area contributed by atoms with Crippen molar-refractivity contribution in [2.75, 3.05) is 13.1 Å². The van der Waals surface area contributed by atoms with Crippen LogP contribution in [0.15, 0.2) is 54.6 Å². The lowest BCUT2D eigenvalue weighted by molar-refractivity contribution is -0.142. The van der Waals surface area contributed by atoms with E-state index in [1.54, 1.807) is 31.7 Å². The van der Waals surface area contributed by atoms with Crippen LogP contribution in [0.25, 0.3) is 0 Å². The van der Waals surface area contributed by atoms with E-state index >= 15 is 0 Å². The average molecular weight is 604 g/mol. The lowest BCUT2D eigenvalue weighted by atomic mass is 9.96. The first-order chi connectivity index (χ1) is 21.1. The molecule has 7 heteroatoms. The predicted octanol–water partition coefficient (Wildman–Crippen LogP) is 7.34. The summed E-state index contributed by atoms with van der Waals surface area (Å²) in [5.41, 5.74) is 1.29. The Morgan fingerprint density at radius 3 is 2.14 bits per heavy atom. The molecule has 0 aliphatic heterocycles. The monoisotopic (exact) mass is 603 g/mol. The topological polar surface area (TPSA) is 87.7 Å². The molecule has 240 valence electrons. The molecule has 0 bridgehead atoms. The van der Waals surface area contributed by atoms with E-state index in [2.05, 4.69) is 30.4 Å². The summed E-state index contributed by atoms with van der Waals surface area (Å²) in [6.45, 7) is 10.5. The van der Waals surface area contributed by atoms with Gasteiger partial charge in [0.25, 0.3) is 0 Å². The molecule has 0 aliphatic carbocycles. The molecule has 7 nitrogen and oxygen atoms in total. The van der Waals surface area contributed by atoms with Crippen LogP contribution in [0.2, 0.25) is 0 Å². The minimum absolute atomic E-state index is 0.244. The van der Waals surface area contributed by atoms with Crippen LogP contribution in [0, 0.1) is 12.3 Å².